The molecule has 0 bridgehead atoms. The molecule has 0 radical (unpaired) electrons. The van der Waals surface area contributed by atoms with Crippen LogP contribution in [0.15, 0.2) is 31.0 Å². The molecule has 1 aliphatic rings. The van der Waals surface area contributed by atoms with Crippen molar-refractivity contribution in [3.05, 3.63) is 36.5 Å². The smallest absolute Gasteiger partial charge is 0.317 e. The van der Waals surface area contributed by atoms with Gasteiger partial charge in [0.2, 0.25) is 0 Å². The van der Waals surface area contributed by atoms with Crippen LogP contribution in [0.25, 0.3) is 5.82 Å². The van der Waals surface area contributed by atoms with Crippen molar-refractivity contribution in [2.45, 2.75) is 26.3 Å². The van der Waals surface area contributed by atoms with Gasteiger partial charge in [0.1, 0.15) is 12.7 Å². The number of amides is 2. The number of rotatable bonds is 3. The van der Waals surface area contributed by atoms with Crippen LogP contribution in [0.1, 0.15) is 25.3 Å². The molecule has 0 unspecified atom stereocenters. The Labute approximate surface area is 129 Å². The third kappa shape index (κ3) is 3.41. The molecule has 2 aromatic rings. The third-order valence-electron chi connectivity index (χ3n) is 3.98. The Morgan fingerprint density at radius 2 is 2.18 bits per heavy atom. The van der Waals surface area contributed by atoms with E-state index in [9.17, 15) is 4.79 Å². The number of nitrogens with zero attached hydrogens (tertiary/aromatic N) is 5. The quantitative estimate of drug-likeness (QED) is 0.934. The summed E-state index contributed by atoms with van der Waals surface area (Å²) in [5.41, 5.74) is 0.961. The van der Waals surface area contributed by atoms with Crippen molar-refractivity contribution >= 4 is 6.03 Å². The lowest BCUT2D eigenvalue weighted by molar-refractivity contribution is 0.173. The van der Waals surface area contributed by atoms with Crippen LogP contribution in [0.2, 0.25) is 0 Å². The maximum Gasteiger partial charge on any atom is 0.317 e. The lowest BCUT2D eigenvalue weighted by Gasteiger charge is -2.30. The first-order valence-electron chi connectivity index (χ1n) is 7.55. The number of urea groups is 1. The van der Waals surface area contributed by atoms with E-state index in [0.717, 1.165) is 37.4 Å². The Morgan fingerprint density at radius 3 is 2.82 bits per heavy atom. The molecule has 1 N–H and O–H groups in total. The first kappa shape index (κ1) is 14.5. The van der Waals surface area contributed by atoms with E-state index in [1.54, 1.807) is 17.2 Å². The second-order valence-corrected chi connectivity index (χ2v) is 5.69. The van der Waals surface area contributed by atoms with Gasteiger partial charge >= 0.3 is 6.03 Å². The first-order chi connectivity index (χ1) is 10.7. The molecule has 7 nitrogen and oxygen atoms in total. The maximum absolute atomic E-state index is 12.1. The van der Waals surface area contributed by atoms with Crippen molar-refractivity contribution in [2.75, 3.05) is 13.1 Å². The summed E-state index contributed by atoms with van der Waals surface area (Å²) >= 11 is 0. The topological polar surface area (TPSA) is 75.9 Å². The Bertz CT molecular complexity index is 601. The fourth-order valence-corrected chi connectivity index (χ4v) is 2.48. The van der Waals surface area contributed by atoms with Crippen LogP contribution in [0.5, 0.6) is 0 Å². The number of pyridine rings is 1. The van der Waals surface area contributed by atoms with Crippen LogP contribution in [0.4, 0.5) is 4.79 Å². The fraction of sp³-hybridized carbons (Fsp3) is 0.467. The van der Waals surface area contributed by atoms with Crippen LogP contribution in [0.3, 0.4) is 0 Å². The standard InChI is InChI=1S/C15H20N6O/c1-12-4-6-20(7-5-12)15(22)18-9-13-2-3-14(17-8-13)21-11-16-10-19-21/h2-3,8,10-12H,4-7,9H2,1H3,(H,18,22). The molecule has 0 spiro atoms. The highest BCUT2D eigenvalue weighted by molar-refractivity contribution is 5.74. The lowest BCUT2D eigenvalue weighted by Crippen LogP contribution is -2.43. The lowest BCUT2D eigenvalue weighted by atomic mass is 10.00. The van der Waals surface area contributed by atoms with Gasteiger partial charge in [0.05, 0.1) is 0 Å². The van der Waals surface area contributed by atoms with E-state index in [4.69, 9.17) is 0 Å². The zero-order valence-corrected chi connectivity index (χ0v) is 12.6. The highest BCUT2D eigenvalue weighted by atomic mass is 16.2. The maximum atomic E-state index is 12.1. The van der Waals surface area contributed by atoms with Crippen molar-refractivity contribution in [2.24, 2.45) is 5.92 Å². The number of aromatic nitrogens is 4. The molecule has 2 aromatic heterocycles. The van der Waals surface area contributed by atoms with Gasteiger partial charge in [-0.15, -0.1) is 0 Å². The summed E-state index contributed by atoms with van der Waals surface area (Å²) in [5, 5.41) is 6.97. The van der Waals surface area contributed by atoms with E-state index in [1.807, 2.05) is 17.0 Å². The number of nitrogens with one attached hydrogen (secondary N) is 1. The van der Waals surface area contributed by atoms with Crippen LogP contribution < -0.4 is 5.32 Å². The van der Waals surface area contributed by atoms with Gasteiger partial charge in [-0.1, -0.05) is 13.0 Å². The zero-order valence-electron chi connectivity index (χ0n) is 12.6. The van der Waals surface area contributed by atoms with Crippen molar-refractivity contribution in [1.29, 1.82) is 0 Å². The molecule has 0 atom stereocenters. The minimum absolute atomic E-state index is 0.00672. The predicted octanol–water partition coefficient (Wildman–Crippen LogP) is 1.60. The van der Waals surface area contributed by atoms with E-state index in [0.29, 0.717) is 12.4 Å². The fourth-order valence-electron chi connectivity index (χ4n) is 2.48. The van der Waals surface area contributed by atoms with Gasteiger partial charge in [0, 0.05) is 25.8 Å². The van der Waals surface area contributed by atoms with Gasteiger partial charge < -0.3 is 10.2 Å². The SMILES string of the molecule is CC1CCN(C(=O)NCc2ccc(-n3cncn3)nc2)CC1. The Morgan fingerprint density at radius 1 is 1.36 bits per heavy atom. The average Bonchev–Trinajstić information content (AvgIpc) is 3.08. The molecule has 0 aromatic carbocycles. The molecule has 3 rings (SSSR count). The Kier molecular flexibility index (Phi) is 4.32. The van der Waals surface area contributed by atoms with Gasteiger partial charge in [0.25, 0.3) is 0 Å². The van der Waals surface area contributed by atoms with E-state index in [-0.39, 0.29) is 6.03 Å². The summed E-state index contributed by atoms with van der Waals surface area (Å²) in [6.45, 7) is 4.40. The molecule has 116 valence electrons. The summed E-state index contributed by atoms with van der Waals surface area (Å²) in [6.07, 6.45) is 6.98. The molecular weight excluding hydrogens is 280 g/mol. The highest BCUT2D eigenvalue weighted by Crippen LogP contribution is 2.15. The van der Waals surface area contributed by atoms with Gasteiger partial charge in [-0.05, 0) is 30.4 Å². The molecule has 0 saturated carbocycles. The molecule has 1 saturated heterocycles. The minimum Gasteiger partial charge on any atom is -0.334 e. The summed E-state index contributed by atoms with van der Waals surface area (Å²) in [5.74, 6) is 1.43. The number of likely N-dealkylation sites (tertiary alicyclic amines) is 1. The van der Waals surface area contributed by atoms with E-state index < -0.39 is 0 Å². The molecule has 1 fully saturated rings. The molecular formula is C15H20N6O. The molecule has 0 aliphatic carbocycles. The van der Waals surface area contributed by atoms with Crippen LogP contribution >= 0.6 is 0 Å². The Hall–Kier alpha value is -2.44. The monoisotopic (exact) mass is 300 g/mol. The first-order valence-corrected chi connectivity index (χ1v) is 7.55. The van der Waals surface area contributed by atoms with Gasteiger partial charge in [-0.2, -0.15) is 5.10 Å². The number of hydrogen-bond acceptors (Lipinski definition) is 4. The Balaban J connectivity index is 1.52. The minimum atomic E-state index is 0.00672. The molecule has 22 heavy (non-hydrogen) atoms. The second-order valence-electron chi connectivity index (χ2n) is 5.69. The normalized spacial score (nSPS) is 15.8. The largest absolute Gasteiger partial charge is 0.334 e. The molecule has 2 amide bonds. The third-order valence-corrected chi connectivity index (χ3v) is 3.98. The number of piperidine rings is 1. The summed E-state index contributed by atoms with van der Waals surface area (Å²) in [4.78, 5) is 22.2. The summed E-state index contributed by atoms with van der Waals surface area (Å²) in [6, 6.07) is 3.80. The zero-order chi connectivity index (χ0) is 15.4. The van der Waals surface area contributed by atoms with E-state index in [1.165, 1.54) is 6.33 Å². The summed E-state index contributed by atoms with van der Waals surface area (Å²) < 4.78 is 1.59. The van der Waals surface area contributed by atoms with Gasteiger partial charge in [-0.3, -0.25) is 0 Å². The van der Waals surface area contributed by atoms with Crippen molar-refractivity contribution < 1.29 is 4.79 Å². The number of hydrogen-bond donors (Lipinski definition) is 1. The molecule has 3 heterocycles. The predicted molar refractivity (Wildman–Crippen MR) is 81.4 cm³/mol. The van der Waals surface area contributed by atoms with Crippen LogP contribution in [-0.4, -0.2) is 43.8 Å². The number of carbonyl (C=O) groups is 1. The van der Waals surface area contributed by atoms with Gasteiger partial charge in [-0.25, -0.2) is 19.4 Å². The second kappa shape index (κ2) is 6.55. The van der Waals surface area contributed by atoms with Crippen LogP contribution in [0, 0.1) is 5.92 Å². The van der Waals surface area contributed by atoms with Gasteiger partial charge in [0.15, 0.2) is 5.82 Å². The van der Waals surface area contributed by atoms with E-state index >= 15 is 0 Å². The molecule has 1 aliphatic heterocycles. The summed E-state index contributed by atoms with van der Waals surface area (Å²) in [7, 11) is 0. The highest BCUT2D eigenvalue weighted by Gasteiger charge is 2.19. The van der Waals surface area contributed by atoms with Crippen molar-refractivity contribution in [3.63, 3.8) is 0 Å². The average molecular weight is 300 g/mol. The van der Waals surface area contributed by atoms with E-state index in [2.05, 4.69) is 27.3 Å². The number of carbonyl (C=O) groups excluding carboxylic acids is 1. The van der Waals surface area contributed by atoms with Crippen molar-refractivity contribution in [3.8, 4) is 5.82 Å². The molecule has 7 heteroatoms. The van der Waals surface area contributed by atoms with Crippen LogP contribution in [-0.2, 0) is 6.54 Å². The van der Waals surface area contributed by atoms with Crippen molar-refractivity contribution in [1.82, 2.24) is 30.0 Å².